The SMILES string of the molecule is c1ccc(-c2nc(-c3ccccc3)nc(-c3ccc4c(c3)oc3cc(-c5ccc(C6(c7ccc8sc9ccccc9c8c7)c7ccccc7-c7ccccc76)cc5)ccc34)n2)cc1. The van der Waals surface area contributed by atoms with Crippen molar-refractivity contribution < 1.29 is 4.42 Å². The molecule has 3 heterocycles. The number of hydrogen-bond donors (Lipinski definition) is 0. The fraction of sp³-hybridized carbons (Fsp3) is 0.0172. The number of rotatable bonds is 6. The second-order valence-electron chi connectivity index (χ2n) is 16.3. The minimum absolute atomic E-state index is 0.494. The van der Waals surface area contributed by atoms with Gasteiger partial charge in [-0.25, -0.2) is 15.0 Å². The van der Waals surface area contributed by atoms with Crippen LogP contribution in [-0.2, 0) is 5.41 Å². The summed E-state index contributed by atoms with van der Waals surface area (Å²) in [7, 11) is 0. The molecule has 0 atom stereocenters. The normalized spacial score (nSPS) is 12.9. The van der Waals surface area contributed by atoms with E-state index < -0.39 is 5.41 Å². The summed E-state index contributed by atoms with van der Waals surface area (Å²) in [5, 5.41) is 4.73. The zero-order valence-electron chi connectivity index (χ0n) is 33.9. The molecule has 1 aliphatic carbocycles. The third-order valence-electron chi connectivity index (χ3n) is 12.8. The van der Waals surface area contributed by atoms with Crippen molar-refractivity contribution in [2.24, 2.45) is 0 Å². The predicted molar refractivity (Wildman–Crippen MR) is 259 cm³/mol. The van der Waals surface area contributed by atoms with Crippen LogP contribution in [0.25, 0.3) is 98.5 Å². The van der Waals surface area contributed by atoms with Gasteiger partial charge in [0.05, 0.1) is 5.41 Å². The molecule has 63 heavy (non-hydrogen) atoms. The van der Waals surface area contributed by atoms with E-state index in [4.69, 9.17) is 19.4 Å². The van der Waals surface area contributed by atoms with E-state index >= 15 is 0 Å². The second kappa shape index (κ2) is 14.0. The zero-order chi connectivity index (χ0) is 41.5. The maximum atomic E-state index is 6.65. The minimum Gasteiger partial charge on any atom is -0.456 e. The summed E-state index contributed by atoms with van der Waals surface area (Å²) in [6.45, 7) is 0. The number of nitrogens with zero attached hydrogens (tertiary/aromatic N) is 3. The van der Waals surface area contributed by atoms with E-state index in [-0.39, 0.29) is 0 Å². The third-order valence-corrected chi connectivity index (χ3v) is 14.0. The highest BCUT2D eigenvalue weighted by Gasteiger charge is 2.46. The van der Waals surface area contributed by atoms with E-state index in [1.807, 2.05) is 72.0 Å². The molecule has 0 bridgehead atoms. The molecule has 0 aliphatic heterocycles. The average Bonchev–Trinajstić information content (AvgIpc) is 4.02. The molecular formula is C58H35N3OS. The van der Waals surface area contributed by atoms with Crippen LogP contribution in [-0.4, -0.2) is 15.0 Å². The Morgan fingerprint density at radius 1 is 0.333 bits per heavy atom. The molecule has 3 aromatic heterocycles. The average molecular weight is 822 g/mol. The lowest BCUT2D eigenvalue weighted by Gasteiger charge is -2.34. The van der Waals surface area contributed by atoms with Crippen LogP contribution in [0.4, 0.5) is 0 Å². The van der Waals surface area contributed by atoms with E-state index in [0.717, 1.165) is 49.8 Å². The maximum Gasteiger partial charge on any atom is 0.164 e. The van der Waals surface area contributed by atoms with Crippen molar-refractivity contribution >= 4 is 53.4 Å². The number of benzene rings is 9. The van der Waals surface area contributed by atoms with E-state index in [9.17, 15) is 0 Å². The van der Waals surface area contributed by atoms with Gasteiger partial charge in [0.2, 0.25) is 0 Å². The van der Waals surface area contributed by atoms with Crippen molar-refractivity contribution in [3.63, 3.8) is 0 Å². The predicted octanol–water partition coefficient (Wildman–Crippen LogP) is 15.2. The molecule has 0 unspecified atom stereocenters. The summed E-state index contributed by atoms with van der Waals surface area (Å²) in [6, 6.07) is 75.9. The monoisotopic (exact) mass is 821 g/mol. The van der Waals surface area contributed by atoms with Gasteiger partial charge in [0, 0.05) is 47.6 Å². The maximum absolute atomic E-state index is 6.65. The summed E-state index contributed by atoms with van der Waals surface area (Å²) in [5.41, 5.74) is 13.8. The van der Waals surface area contributed by atoms with Crippen LogP contribution in [0.3, 0.4) is 0 Å². The zero-order valence-corrected chi connectivity index (χ0v) is 34.7. The van der Waals surface area contributed by atoms with Gasteiger partial charge in [-0.15, -0.1) is 11.3 Å². The van der Waals surface area contributed by atoms with Gasteiger partial charge in [0.25, 0.3) is 0 Å². The number of fused-ring (bicyclic) bond motifs is 9. The quantitative estimate of drug-likeness (QED) is 0.168. The Balaban J connectivity index is 0.908. The van der Waals surface area contributed by atoms with Crippen LogP contribution in [0, 0.1) is 0 Å². The Bertz CT molecular complexity index is 3640. The summed E-state index contributed by atoms with van der Waals surface area (Å²) < 4.78 is 9.27. The van der Waals surface area contributed by atoms with Gasteiger partial charge in [-0.1, -0.05) is 170 Å². The van der Waals surface area contributed by atoms with Crippen molar-refractivity contribution in [1.82, 2.24) is 15.0 Å². The highest BCUT2D eigenvalue weighted by atomic mass is 32.1. The van der Waals surface area contributed by atoms with Crippen molar-refractivity contribution in [1.29, 1.82) is 0 Å². The van der Waals surface area contributed by atoms with Gasteiger partial charge in [0.1, 0.15) is 11.2 Å². The highest BCUT2D eigenvalue weighted by Crippen LogP contribution is 2.57. The first-order chi connectivity index (χ1) is 31.2. The van der Waals surface area contributed by atoms with Crippen LogP contribution in [0.1, 0.15) is 22.3 Å². The van der Waals surface area contributed by atoms with Gasteiger partial charge in [-0.05, 0) is 87.0 Å². The van der Waals surface area contributed by atoms with Crippen molar-refractivity contribution in [2.75, 3.05) is 0 Å². The molecule has 5 heteroatoms. The molecule has 0 amide bonds. The highest BCUT2D eigenvalue weighted by molar-refractivity contribution is 7.25. The number of thiophene rings is 1. The fourth-order valence-electron chi connectivity index (χ4n) is 9.93. The summed E-state index contributed by atoms with van der Waals surface area (Å²) in [6.07, 6.45) is 0. The Hall–Kier alpha value is -7.99. The Morgan fingerprint density at radius 2 is 0.825 bits per heavy atom. The lowest BCUT2D eigenvalue weighted by atomic mass is 9.67. The van der Waals surface area contributed by atoms with Crippen molar-refractivity contribution in [2.45, 2.75) is 5.41 Å². The molecule has 0 saturated carbocycles. The molecule has 12 aromatic rings. The van der Waals surface area contributed by atoms with Gasteiger partial charge < -0.3 is 4.42 Å². The van der Waals surface area contributed by atoms with E-state index in [2.05, 4.69) is 152 Å². The molecule has 0 saturated heterocycles. The smallest absolute Gasteiger partial charge is 0.164 e. The lowest BCUT2D eigenvalue weighted by molar-refractivity contribution is 0.669. The molecule has 13 rings (SSSR count). The molecule has 0 radical (unpaired) electrons. The number of aromatic nitrogens is 3. The van der Waals surface area contributed by atoms with Crippen LogP contribution < -0.4 is 0 Å². The number of hydrogen-bond acceptors (Lipinski definition) is 5. The molecule has 294 valence electrons. The van der Waals surface area contributed by atoms with Crippen molar-refractivity contribution in [3.8, 4) is 56.4 Å². The molecule has 0 fully saturated rings. The Morgan fingerprint density at radius 3 is 1.48 bits per heavy atom. The van der Waals surface area contributed by atoms with Crippen LogP contribution in [0.2, 0.25) is 0 Å². The van der Waals surface area contributed by atoms with Gasteiger partial charge >= 0.3 is 0 Å². The van der Waals surface area contributed by atoms with Crippen molar-refractivity contribution in [3.05, 3.63) is 235 Å². The molecule has 0 spiro atoms. The molecule has 4 nitrogen and oxygen atoms in total. The molecule has 1 aliphatic rings. The Labute approximate surface area is 367 Å². The first-order valence-corrected chi connectivity index (χ1v) is 22.1. The first-order valence-electron chi connectivity index (χ1n) is 21.2. The van der Waals surface area contributed by atoms with E-state index in [1.165, 1.54) is 53.6 Å². The van der Waals surface area contributed by atoms with Gasteiger partial charge in [-0.2, -0.15) is 0 Å². The fourth-order valence-corrected chi connectivity index (χ4v) is 11.0. The first kappa shape index (κ1) is 35.7. The second-order valence-corrected chi connectivity index (χ2v) is 17.4. The third kappa shape index (κ3) is 5.57. The molecule has 0 N–H and O–H groups in total. The summed E-state index contributed by atoms with van der Waals surface area (Å²) in [5.74, 6) is 1.85. The topological polar surface area (TPSA) is 51.8 Å². The largest absolute Gasteiger partial charge is 0.456 e. The van der Waals surface area contributed by atoms with Crippen LogP contribution >= 0.6 is 11.3 Å². The van der Waals surface area contributed by atoms with Gasteiger partial charge in [-0.3, -0.25) is 0 Å². The van der Waals surface area contributed by atoms with Crippen LogP contribution in [0.5, 0.6) is 0 Å². The minimum atomic E-state index is -0.494. The summed E-state index contributed by atoms with van der Waals surface area (Å²) in [4.78, 5) is 14.8. The number of furan rings is 1. The van der Waals surface area contributed by atoms with Gasteiger partial charge in [0.15, 0.2) is 17.5 Å². The van der Waals surface area contributed by atoms with E-state index in [1.54, 1.807) is 0 Å². The summed E-state index contributed by atoms with van der Waals surface area (Å²) >= 11 is 1.86. The Kier molecular flexibility index (Phi) is 7.96. The molecular weight excluding hydrogens is 787 g/mol. The standard InChI is InChI=1S/C58H35N3OS/c1-3-13-37(14-4-1)55-59-56(38-15-5-2-6-16-38)61-57(60-55)40-26-31-46-45-30-25-39(33-51(45)62-52(46)34-40)36-23-27-41(28-24-36)58(49-20-10-7-17-43(49)44-18-8-11-21-50(44)58)42-29-32-54-48(35-42)47-19-9-12-22-53(47)63-54/h1-35H. The van der Waals surface area contributed by atoms with E-state index in [0.29, 0.717) is 17.5 Å². The molecule has 9 aromatic carbocycles. The van der Waals surface area contributed by atoms with Crippen LogP contribution in [0.15, 0.2) is 217 Å². The lowest BCUT2D eigenvalue weighted by Crippen LogP contribution is -2.28.